The fourth-order valence-electron chi connectivity index (χ4n) is 1.50. The molecule has 0 spiro atoms. The molecule has 0 saturated carbocycles. The SMILES string of the molecule is O=C(Nc1ccc(S(=O)(=O)[O-])cc1)c1ccccc1.[Na+]. The molecule has 0 unspecified atom stereocenters. The second-order valence-corrected chi connectivity index (χ2v) is 5.18. The summed E-state index contributed by atoms with van der Waals surface area (Å²) in [6, 6.07) is 13.6. The average molecular weight is 299 g/mol. The maximum Gasteiger partial charge on any atom is 1.00 e. The first-order valence-electron chi connectivity index (χ1n) is 5.39. The summed E-state index contributed by atoms with van der Waals surface area (Å²) in [5.74, 6) is -0.307. The van der Waals surface area contributed by atoms with Crippen LogP contribution in [0.1, 0.15) is 10.4 Å². The summed E-state index contributed by atoms with van der Waals surface area (Å²) in [4.78, 5) is 11.5. The second-order valence-electron chi connectivity index (χ2n) is 3.80. The number of hydrogen-bond acceptors (Lipinski definition) is 4. The predicted molar refractivity (Wildman–Crippen MR) is 68.8 cm³/mol. The zero-order valence-corrected chi connectivity index (χ0v) is 13.6. The van der Waals surface area contributed by atoms with E-state index in [1.807, 2.05) is 0 Å². The van der Waals surface area contributed by atoms with Gasteiger partial charge in [-0.1, -0.05) is 18.2 Å². The molecule has 1 N–H and O–H groups in total. The third-order valence-electron chi connectivity index (χ3n) is 2.44. The smallest absolute Gasteiger partial charge is 0.744 e. The summed E-state index contributed by atoms with van der Waals surface area (Å²) >= 11 is 0. The van der Waals surface area contributed by atoms with Gasteiger partial charge in [0.15, 0.2) is 0 Å². The van der Waals surface area contributed by atoms with Gasteiger partial charge in [0.25, 0.3) is 5.91 Å². The van der Waals surface area contributed by atoms with Gasteiger partial charge in [-0.05, 0) is 36.4 Å². The summed E-state index contributed by atoms with van der Waals surface area (Å²) in [5, 5.41) is 2.60. The van der Waals surface area contributed by atoms with Gasteiger partial charge in [0.1, 0.15) is 10.1 Å². The molecular formula is C13H10NNaO4S. The number of hydrogen-bond donors (Lipinski definition) is 1. The van der Waals surface area contributed by atoms with Crippen LogP contribution in [0.25, 0.3) is 0 Å². The van der Waals surface area contributed by atoms with Gasteiger partial charge in [0.05, 0.1) is 4.90 Å². The number of carbonyl (C=O) groups is 1. The van der Waals surface area contributed by atoms with Crippen LogP contribution in [0.4, 0.5) is 5.69 Å². The molecule has 5 nitrogen and oxygen atoms in total. The molecule has 0 bridgehead atoms. The Morgan fingerprint density at radius 3 is 2.00 bits per heavy atom. The van der Waals surface area contributed by atoms with Crippen molar-refractivity contribution in [2.75, 3.05) is 5.32 Å². The number of nitrogens with one attached hydrogen (secondary N) is 1. The quantitative estimate of drug-likeness (QED) is 0.572. The maximum atomic E-state index is 11.8. The van der Waals surface area contributed by atoms with Crippen LogP contribution < -0.4 is 34.9 Å². The Bertz CT molecular complexity index is 684. The zero-order chi connectivity index (χ0) is 13.9. The Morgan fingerprint density at radius 2 is 1.50 bits per heavy atom. The van der Waals surface area contributed by atoms with E-state index in [-0.39, 0.29) is 40.4 Å². The van der Waals surface area contributed by atoms with Crippen LogP contribution in [-0.4, -0.2) is 18.9 Å². The van der Waals surface area contributed by atoms with E-state index in [2.05, 4.69) is 5.32 Å². The van der Waals surface area contributed by atoms with Gasteiger partial charge in [-0.3, -0.25) is 4.79 Å². The van der Waals surface area contributed by atoms with Crippen LogP contribution in [0.2, 0.25) is 0 Å². The van der Waals surface area contributed by atoms with Gasteiger partial charge in [0, 0.05) is 11.3 Å². The van der Waals surface area contributed by atoms with Gasteiger partial charge >= 0.3 is 29.6 Å². The van der Waals surface area contributed by atoms with Crippen molar-refractivity contribution in [1.29, 1.82) is 0 Å². The molecule has 0 aliphatic carbocycles. The second kappa shape index (κ2) is 7.01. The maximum absolute atomic E-state index is 11.8. The third-order valence-corrected chi connectivity index (χ3v) is 3.29. The number of rotatable bonds is 3. The van der Waals surface area contributed by atoms with Crippen molar-refractivity contribution in [3.8, 4) is 0 Å². The van der Waals surface area contributed by atoms with Crippen LogP contribution in [0.3, 0.4) is 0 Å². The third kappa shape index (κ3) is 4.43. The van der Waals surface area contributed by atoms with E-state index < -0.39 is 10.1 Å². The van der Waals surface area contributed by atoms with Crippen molar-refractivity contribution in [3.05, 3.63) is 60.2 Å². The molecule has 0 aromatic heterocycles. The number of carbonyl (C=O) groups excluding carboxylic acids is 1. The molecule has 2 aromatic rings. The Morgan fingerprint density at radius 1 is 0.950 bits per heavy atom. The number of benzene rings is 2. The van der Waals surface area contributed by atoms with E-state index in [0.29, 0.717) is 11.3 Å². The minimum Gasteiger partial charge on any atom is -0.744 e. The van der Waals surface area contributed by atoms with E-state index in [9.17, 15) is 17.8 Å². The van der Waals surface area contributed by atoms with Gasteiger partial charge in [-0.2, -0.15) is 0 Å². The number of anilines is 1. The largest absolute Gasteiger partial charge is 1.00 e. The van der Waals surface area contributed by atoms with Crippen molar-refractivity contribution < 1.29 is 47.3 Å². The summed E-state index contributed by atoms with van der Waals surface area (Å²) < 4.78 is 32.2. The summed E-state index contributed by atoms with van der Waals surface area (Å²) in [6.45, 7) is 0. The van der Waals surface area contributed by atoms with Crippen LogP contribution in [0.5, 0.6) is 0 Å². The molecule has 0 radical (unpaired) electrons. The topological polar surface area (TPSA) is 86.3 Å². The van der Waals surface area contributed by atoms with Gasteiger partial charge in [-0.15, -0.1) is 0 Å². The predicted octanol–water partition coefficient (Wildman–Crippen LogP) is -1.15. The van der Waals surface area contributed by atoms with E-state index in [1.54, 1.807) is 30.3 Å². The standard InChI is InChI=1S/C13H11NO4S.Na/c15-13(10-4-2-1-3-5-10)14-11-6-8-12(9-7-11)19(16,17)18;/h1-9H,(H,14,15)(H,16,17,18);/q;+1/p-1. The molecule has 7 heteroatoms. The van der Waals surface area contributed by atoms with E-state index in [0.717, 1.165) is 12.1 Å². The fraction of sp³-hybridized carbons (Fsp3) is 0. The Balaban J connectivity index is 0.00000200. The van der Waals surface area contributed by atoms with Crippen molar-refractivity contribution in [1.82, 2.24) is 0 Å². The number of amides is 1. The Labute approximate surface area is 139 Å². The van der Waals surface area contributed by atoms with Gasteiger partial charge < -0.3 is 9.87 Å². The first-order chi connectivity index (χ1) is 8.97. The van der Waals surface area contributed by atoms with Crippen LogP contribution in [0, 0.1) is 0 Å². The molecular weight excluding hydrogens is 289 g/mol. The molecule has 0 fully saturated rings. The van der Waals surface area contributed by atoms with Crippen molar-refractivity contribution >= 4 is 21.7 Å². The average Bonchev–Trinajstić information content (AvgIpc) is 2.39. The molecule has 0 atom stereocenters. The fourth-order valence-corrected chi connectivity index (χ4v) is 1.97. The first kappa shape index (κ1) is 16.9. The molecule has 0 heterocycles. The summed E-state index contributed by atoms with van der Waals surface area (Å²) in [7, 11) is -4.46. The van der Waals surface area contributed by atoms with Crippen molar-refractivity contribution in [2.24, 2.45) is 0 Å². The molecule has 98 valence electrons. The molecule has 2 rings (SSSR count). The van der Waals surface area contributed by atoms with Crippen molar-refractivity contribution in [3.63, 3.8) is 0 Å². The first-order valence-corrected chi connectivity index (χ1v) is 6.80. The van der Waals surface area contributed by atoms with Gasteiger partial charge in [-0.25, -0.2) is 8.42 Å². The van der Waals surface area contributed by atoms with E-state index in [4.69, 9.17) is 0 Å². The van der Waals surface area contributed by atoms with E-state index >= 15 is 0 Å². The van der Waals surface area contributed by atoms with Crippen molar-refractivity contribution in [2.45, 2.75) is 4.90 Å². The molecule has 0 aliphatic heterocycles. The van der Waals surface area contributed by atoms with Crippen LogP contribution >= 0.6 is 0 Å². The van der Waals surface area contributed by atoms with Crippen LogP contribution in [0.15, 0.2) is 59.5 Å². The molecule has 20 heavy (non-hydrogen) atoms. The Hall–Kier alpha value is -1.18. The summed E-state index contributed by atoms with van der Waals surface area (Å²) in [5.41, 5.74) is 0.907. The molecule has 0 aliphatic rings. The van der Waals surface area contributed by atoms with E-state index in [1.165, 1.54) is 12.1 Å². The molecule has 2 aromatic carbocycles. The van der Waals surface area contributed by atoms with Gasteiger partial charge in [0.2, 0.25) is 0 Å². The monoisotopic (exact) mass is 299 g/mol. The van der Waals surface area contributed by atoms with Crippen LogP contribution in [-0.2, 0) is 10.1 Å². The minimum atomic E-state index is -4.46. The zero-order valence-electron chi connectivity index (χ0n) is 10.7. The summed E-state index contributed by atoms with van der Waals surface area (Å²) in [6.07, 6.45) is 0. The molecule has 0 saturated heterocycles. The molecule has 1 amide bonds. The Kier molecular flexibility index (Phi) is 5.91. The minimum absolute atomic E-state index is 0. The normalized spacial score (nSPS) is 10.4.